The lowest BCUT2D eigenvalue weighted by molar-refractivity contribution is -0.116. The number of halogens is 2. The molecule has 2 heterocycles. The molecule has 0 spiro atoms. The largest absolute Gasteiger partial charge is 0.433 e. The van der Waals surface area contributed by atoms with Gasteiger partial charge in [0.25, 0.3) is 11.8 Å². The molecule has 176 valence electrons. The highest BCUT2D eigenvalue weighted by atomic mass is 19.3. The number of benzene rings is 2. The highest BCUT2D eigenvalue weighted by Gasteiger charge is 2.35. The molecule has 0 fully saturated rings. The van der Waals surface area contributed by atoms with Crippen molar-refractivity contribution >= 4 is 22.8 Å². The Kier molecular flexibility index (Phi) is 6.24. The smallest absolute Gasteiger partial charge is 0.387 e. The van der Waals surface area contributed by atoms with Gasteiger partial charge in [-0.05, 0) is 50.6 Å². The predicted molar refractivity (Wildman–Crippen MR) is 123 cm³/mol. The van der Waals surface area contributed by atoms with Crippen molar-refractivity contribution < 1.29 is 23.1 Å². The fourth-order valence-electron chi connectivity index (χ4n) is 4.14. The predicted octanol–water partition coefficient (Wildman–Crippen LogP) is 4.04. The number of carbonyl (C=O) groups excluding carboxylic acids is 2. The minimum atomic E-state index is -3.07. The molecular formula is C25H24F2N4O3. The molecule has 7 nitrogen and oxygen atoms in total. The molecule has 0 saturated carbocycles. The number of alkyl halides is 2. The molecule has 1 aliphatic rings. The summed E-state index contributed by atoms with van der Waals surface area (Å²) >= 11 is 0. The molecule has 0 saturated heterocycles. The second-order valence-corrected chi connectivity index (χ2v) is 8.26. The van der Waals surface area contributed by atoms with E-state index in [0.717, 1.165) is 0 Å². The number of aromatic nitrogens is 2. The molecule has 0 radical (unpaired) electrons. The van der Waals surface area contributed by atoms with Gasteiger partial charge in [-0.1, -0.05) is 18.9 Å². The zero-order chi connectivity index (χ0) is 24.6. The fraction of sp³-hybridized carbons (Fsp3) is 0.320. The molecule has 1 unspecified atom stereocenters. The minimum absolute atomic E-state index is 0.0415. The minimum Gasteiger partial charge on any atom is -0.433 e. The average molecular weight is 466 g/mol. The third-order valence-corrected chi connectivity index (χ3v) is 5.56. The number of imidazole rings is 1. The number of carbonyl (C=O) groups is 2. The van der Waals surface area contributed by atoms with Crippen LogP contribution in [0.2, 0.25) is 0 Å². The first-order chi connectivity index (χ1) is 16.2. The Morgan fingerprint density at radius 2 is 2.03 bits per heavy atom. The molecule has 34 heavy (non-hydrogen) atoms. The maximum absolute atomic E-state index is 13.3. The first kappa shape index (κ1) is 23.2. The van der Waals surface area contributed by atoms with Gasteiger partial charge in [0.1, 0.15) is 11.5 Å². The van der Waals surface area contributed by atoms with Crippen molar-refractivity contribution in [1.29, 1.82) is 0 Å². The Balaban J connectivity index is 1.98. The number of ether oxygens (including phenoxy) is 1. The number of fused-ring (bicyclic) bond motifs is 5. The topological polar surface area (TPSA) is 76.5 Å². The average Bonchev–Trinajstić information content (AvgIpc) is 3.10. The van der Waals surface area contributed by atoms with Gasteiger partial charge in [-0.2, -0.15) is 8.78 Å². The third kappa shape index (κ3) is 4.19. The molecule has 2 aromatic carbocycles. The summed E-state index contributed by atoms with van der Waals surface area (Å²) < 4.78 is 33.0. The summed E-state index contributed by atoms with van der Waals surface area (Å²) in [5.41, 5.74) is 2.14. The molecule has 1 atom stereocenters. The van der Waals surface area contributed by atoms with Crippen molar-refractivity contribution in [2.24, 2.45) is 0 Å². The first-order valence-electron chi connectivity index (χ1n) is 10.9. The number of amides is 2. The summed E-state index contributed by atoms with van der Waals surface area (Å²) in [5, 5.41) is 2.70. The van der Waals surface area contributed by atoms with Crippen LogP contribution in [0.25, 0.3) is 16.7 Å². The number of para-hydroxylation sites is 1. The summed E-state index contributed by atoms with van der Waals surface area (Å²) in [6.45, 7) is 2.54. The van der Waals surface area contributed by atoms with Crippen LogP contribution in [0, 0.1) is 11.8 Å². The van der Waals surface area contributed by atoms with Crippen molar-refractivity contribution in [3.63, 3.8) is 0 Å². The van der Waals surface area contributed by atoms with Crippen LogP contribution in [0.5, 0.6) is 5.75 Å². The standard InChI is InChI=1S/C25H24F2N4O3/c1-5-18-23-29-17-11-9-15(10-12-21(32)28-14(2)3)13-19(17)31(23)22-16(24(33)30(18)4)7-6-8-20(22)34-25(26)27/h6-9,11,13-14,18,25H,5H2,1-4H3,(H,28,32). The number of nitrogens with one attached hydrogen (secondary N) is 1. The highest BCUT2D eigenvalue weighted by molar-refractivity contribution is 6.01. The van der Waals surface area contributed by atoms with Crippen LogP contribution in [0.1, 0.15) is 55.0 Å². The zero-order valence-corrected chi connectivity index (χ0v) is 19.2. The zero-order valence-electron chi connectivity index (χ0n) is 19.2. The number of nitrogens with zero attached hydrogens (tertiary/aromatic N) is 3. The van der Waals surface area contributed by atoms with E-state index in [0.29, 0.717) is 28.8 Å². The molecule has 1 aromatic heterocycles. The lowest BCUT2D eigenvalue weighted by Gasteiger charge is -2.24. The molecule has 1 N–H and O–H groups in total. The van der Waals surface area contributed by atoms with Crippen LogP contribution in [0.3, 0.4) is 0 Å². The Labute approximate surface area is 195 Å². The number of hydrogen-bond acceptors (Lipinski definition) is 4. The van der Waals surface area contributed by atoms with E-state index >= 15 is 0 Å². The van der Waals surface area contributed by atoms with Gasteiger partial charge >= 0.3 is 6.61 Å². The third-order valence-electron chi connectivity index (χ3n) is 5.56. The van der Waals surface area contributed by atoms with E-state index in [2.05, 4.69) is 17.2 Å². The van der Waals surface area contributed by atoms with Gasteiger partial charge in [0.05, 0.1) is 22.6 Å². The quantitative estimate of drug-likeness (QED) is 0.589. The summed E-state index contributed by atoms with van der Waals surface area (Å²) in [6, 6.07) is 9.29. The van der Waals surface area contributed by atoms with Gasteiger partial charge in [0, 0.05) is 24.6 Å². The molecular weight excluding hydrogens is 442 g/mol. The molecule has 0 aliphatic carbocycles. The lowest BCUT2D eigenvalue weighted by Crippen LogP contribution is -2.30. The monoisotopic (exact) mass is 466 g/mol. The van der Waals surface area contributed by atoms with E-state index in [1.165, 1.54) is 12.1 Å². The van der Waals surface area contributed by atoms with Crippen LogP contribution in [0.15, 0.2) is 36.4 Å². The van der Waals surface area contributed by atoms with Crippen LogP contribution < -0.4 is 10.1 Å². The first-order valence-corrected chi connectivity index (χ1v) is 10.9. The van der Waals surface area contributed by atoms with Gasteiger partial charge < -0.3 is 15.0 Å². The summed E-state index contributed by atoms with van der Waals surface area (Å²) in [4.78, 5) is 31.5. The molecule has 9 heteroatoms. The Hall–Kier alpha value is -3.93. The SMILES string of the molecule is CCC1c2nc3ccc(C#CC(=O)NC(C)C)cc3n2-c2c(OC(F)F)cccc2C(=O)N1C. The molecule has 4 rings (SSSR count). The summed E-state index contributed by atoms with van der Waals surface area (Å²) in [6.07, 6.45) is 0.562. The summed E-state index contributed by atoms with van der Waals surface area (Å²) in [7, 11) is 1.67. The Morgan fingerprint density at radius 1 is 1.26 bits per heavy atom. The van der Waals surface area contributed by atoms with Crippen LogP contribution in [-0.4, -0.2) is 46.0 Å². The summed E-state index contributed by atoms with van der Waals surface area (Å²) in [5.74, 6) is 5.07. The van der Waals surface area contributed by atoms with Gasteiger partial charge in [-0.15, -0.1) is 0 Å². The molecule has 2 amide bonds. The van der Waals surface area contributed by atoms with Gasteiger partial charge in [-0.3, -0.25) is 14.2 Å². The van der Waals surface area contributed by atoms with E-state index in [1.807, 2.05) is 20.8 Å². The van der Waals surface area contributed by atoms with Crippen molar-refractivity contribution in [3.8, 4) is 23.3 Å². The van der Waals surface area contributed by atoms with E-state index < -0.39 is 18.6 Å². The Bertz CT molecular complexity index is 1340. The van der Waals surface area contributed by atoms with Crippen LogP contribution in [0.4, 0.5) is 8.78 Å². The molecule has 0 bridgehead atoms. The van der Waals surface area contributed by atoms with Gasteiger partial charge in [-0.25, -0.2) is 4.98 Å². The number of hydrogen-bond donors (Lipinski definition) is 1. The van der Waals surface area contributed by atoms with Gasteiger partial charge in [0.2, 0.25) is 0 Å². The second kappa shape index (κ2) is 9.14. The normalized spacial score (nSPS) is 15.0. The van der Waals surface area contributed by atoms with E-state index in [4.69, 9.17) is 9.72 Å². The van der Waals surface area contributed by atoms with Crippen molar-refractivity contribution in [2.75, 3.05) is 7.05 Å². The molecule has 3 aromatic rings. The Morgan fingerprint density at radius 3 is 2.71 bits per heavy atom. The maximum Gasteiger partial charge on any atom is 0.387 e. The van der Waals surface area contributed by atoms with Crippen molar-refractivity contribution in [3.05, 3.63) is 53.3 Å². The van der Waals surface area contributed by atoms with Crippen molar-refractivity contribution in [2.45, 2.75) is 45.9 Å². The van der Waals surface area contributed by atoms with Crippen LogP contribution >= 0.6 is 0 Å². The van der Waals surface area contributed by atoms with Crippen LogP contribution in [-0.2, 0) is 4.79 Å². The van der Waals surface area contributed by atoms with E-state index in [9.17, 15) is 18.4 Å². The van der Waals surface area contributed by atoms with Crippen molar-refractivity contribution in [1.82, 2.24) is 19.8 Å². The fourth-order valence-corrected chi connectivity index (χ4v) is 4.14. The second-order valence-electron chi connectivity index (χ2n) is 8.26. The van der Waals surface area contributed by atoms with Gasteiger partial charge in [0.15, 0.2) is 5.75 Å². The lowest BCUT2D eigenvalue weighted by atomic mass is 10.1. The highest BCUT2D eigenvalue weighted by Crippen LogP contribution is 2.40. The van der Waals surface area contributed by atoms with E-state index in [-0.39, 0.29) is 28.9 Å². The number of rotatable bonds is 4. The van der Waals surface area contributed by atoms with E-state index in [1.54, 1.807) is 40.8 Å². The maximum atomic E-state index is 13.3. The molecule has 1 aliphatic heterocycles.